The Hall–Kier alpha value is -2.24. The number of nitrogens with one attached hydrogen (secondary N) is 1. The van der Waals surface area contributed by atoms with Crippen molar-refractivity contribution < 1.29 is 14.3 Å². The summed E-state index contributed by atoms with van der Waals surface area (Å²) in [5, 5.41) is 8.47. The van der Waals surface area contributed by atoms with E-state index in [0.717, 1.165) is 22.3 Å². The Bertz CT molecular complexity index is 701. The highest BCUT2D eigenvalue weighted by molar-refractivity contribution is 5.83. The molecule has 0 bridgehead atoms. The minimum absolute atomic E-state index is 0.112. The summed E-state index contributed by atoms with van der Waals surface area (Å²) < 4.78 is 12.4. The maximum atomic E-state index is 11.8. The normalized spacial score (nSPS) is 13.0. The average Bonchev–Trinajstić information content (AvgIpc) is 2.72. The minimum atomic E-state index is -0.508. The van der Waals surface area contributed by atoms with Gasteiger partial charge in [-0.25, -0.2) is 4.79 Å². The topological polar surface area (TPSA) is 65.4 Å². The smallest absolute Gasteiger partial charge is 0.407 e. The molecular formula is C17H25N3O3. The lowest BCUT2D eigenvalue weighted by molar-refractivity contribution is 0.0504. The number of carbonyl (C=O) groups is 1. The quantitative estimate of drug-likeness (QED) is 0.939. The first kappa shape index (κ1) is 17.1. The van der Waals surface area contributed by atoms with E-state index in [4.69, 9.17) is 9.47 Å². The molecule has 1 atom stereocenters. The van der Waals surface area contributed by atoms with Gasteiger partial charge in [-0.2, -0.15) is 5.10 Å². The van der Waals surface area contributed by atoms with Crippen molar-refractivity contribution >= 4 is 17.0 Å². The number of benzene rings is 1. The van der Waals surface area contributed by atoms with E-state index < -0.39 is 11.7 Å². The van der Waals surface area contributed by atoms with Gasteiger partial charge in [0.25, 0.3) is 0 Å². The Morgan fingerprint density at radius 3 is 2.70 bits per heavy atom. The Labute approximate surface area is 136 Å². The average molecular weight is 319 g/mol. The fourth-order valence-electron chi connectivity index (χ4n) is 2.40. The zero-order valence-corrected chi connectivity index (χ0v) is 14.6. The second-order valence-corrected chi connectivity index (χ2v) is 6.70. The fraction of sp³-hybridized carbons (Fsp3) is 0.529. The van der Waals surface area contributed by atoms with E-state index in [1.165, 1.54) is 0 Å². The summed E-state index contributed by atoms with van der Waals surface area (Å²) in [5.74, 6) is 0.784. The number of alkyl carbamates (subject to hydrolysis) is 1. The third-order valence-electron chi connectivity index (χ3n) is 3.35. The van der Waals surface area contributed by atoms with E-state index in [1.807, 2.05) is 57.5 Å². The Morgan fingerprint density at radius 2 is 2.09 bits per heavy atom. The van der Waals surface area contributed by atoms with Gasteiger partial charge in [0.15, 0.2) is 0 Å². The summed E-state index contributed by atoms with van der Waals surface area (Å²) in [6.45, 7) is 9.97. The van der Waals surface area contributed by atoms with Crippen molar-refractivity contribution in [2.75, 3.05) is 7.11 Å². The highest BCUT2D eigenvalue weighted by Gasteiger charge is 2.18. The third-order valence-corrected chi connectivity index (χ3v) is 3.35. The molecule has 1 amide bonds. The van der Waals surface area contributed by atoms with E-state index in [0.29, 0.717) is 6.54 Å². The third kappa shape index (κ3) is 4.37. The lowest BCUT2D eigenvalue weighted by Crippen LogP contribution is -2.39. The molecule has 1 N–H and O–H groups in total. The van der Waals surface area contributed by atoms with Crippen LogP contribution in [0.1, 0.15) is 33.4 Å². The summed E-state index contributed by atoms with van der Waals surface area (Å²) in [5.41, 5.74) is 1.43. The molecule has 0 radical (unpaired) electrons. The maximum Gasteiger partial charge on any atom is 0.407 e. The molecule has 1 aromatic carbocycles. The van der Waals surface area contributed by atoms with Gasteiger partial charge in [0.05, 0.1) is 24.9 Å². The second-order valence-electron chi connectivity index (χ2n) is 6.70. The first-order valence-corrected chi connectivity index (χ1v) is 7.70. The summed E-state index contributed by atoms with van der Waals surface area (Å²) in [6.07, 6.45) is -0.421. The van der Waals surface area contributed by atoms with E-state index in [9.17, 15) is 4.79 Å². The first-order chi connectivity index (χ1) is 10.7. The zero-order chi connectivity index (χ0) is 17.2. The Balaban J connectivity index is 2.13. The van der Waals surface area contributed by atoms with Crippen molar-refractivity contribution in [3.8, 4) is 5.75 Å². The number of aryl methyl sites for hydroxylation is 1. The van der Waals surface area contributed by atoms with Crippen LogP contribution in [0.15, 0.2) is 18.2 Å². The molecule has 0 aliphatic carbocycles. The summed E-state index contributed by atoms with van der Waals surface area (Å²) in [6, 6.07) is 5.76. The molecule has 0 saturated heterocycles. The number of amides is 1. The SMILES string of the molecule is COc1ccc2c(C)nn(C[C@H](C)NC(=O)OC(C)(C)C)c2c1. The second kappa shape index (κ2) is 6.48. The Morgan fingerprint density at radius 1 is 1.39 bits per heavy atom. The van der Waals surface area contributed by atoms with Crippen molar-refractivity contribution in [1.29, 1.82) is 0 Å². The van der Waals surface area contributed by atoms with Crippen LogP contribution < -0.4 is 10.1 Å². The van der Waals surface area contributed by atoms with Gasteiger partial charge in [0, 0.05) is 17.5 Å². The molecule has 6 nitrogen and oxygen atoms in total. The van der Waals surface area contributed by atoms with Gasteiger partial charge in [-0.05, 0) is 46.8 Å². The van der Waals surface area contributed by atoms with E-state index in [2.05, 4.69) is 10.4 Å². The van der Waals surface area contributed by atoms with Crippen LogP contribution in [-0.2, 0) is 11.3 Å². The molecule has 0 aliphatic heterocycles. The summed E-state index contributed by atoms with van der Waals surface area (Å²) in [7, 11) is 1.64. The monoisotopic (exact) mass is 319 g/mol. The molecule has 0 aliphatic rings. The molecule has 1 heterocycles. The predicted octanol–water partition coefficient (Wildman–Crippen LogP) is 3.27. The highest BCUT2D eigenvalue weighted by Crippen LogP contribution is 2.23. The number of hydrogen-bond acceptors (Lipinski definition) is 4. The molecule has 2 rings (SSSR count). The number of hydrogen-bond donors (Lipinski definition) is 1. The molecule has 6 heteroatoms. The Kier molecular flexibility index (Phi) is 4.82. The minimum Gasteiger partial charge on any atom is -0.497 e. The van der Waals surface area contributed by atoms with Crippen molar-refractivity contribution in [2.24, 2.45) is 0 Å². The van der Waals surface area contributed by atoms with Gasteiger partial charge < -0.3 is 14.8 Å². The van der Waals surface area contributed by atoms with Gasteiger partial charge in [0.1, 0.15) is 11.4 Å². The molecule has 1 aromatic heterocycles. The first-order valence-electron chi connectivity index (χ1n) is 7.70. The van der Waals surface area contributed by atoms with Crippen molar-refractivity contribution in [2.45, 2.75) is 52.8 Å². The zero-order valence-electron chi connectivity index (χ0n) is 14.6. The molecule has 0 fully saturated rings. The van der Waals surface area contributed by atoms with Gasteiger partial charge in [-0.3, -0.25) is 4.68 Å². The number of rotatable bonds is 4. The van der Waals surface area contributed by atoms with Crippen LogP contribution >= 0.6 is 0 Å². The van der Waals surface area contributed by atoms with Crippen LogP contribution in [0.4, 0.5) is 4.79 Å². The van der Waals surface area contributed by atoms with Crippen molar-refractivity contribution in [1.82, 2.24) is 15.1 Å². The van der Waals surface area contributed by atoms with Crippen LogP contribution in [0.3, 0.4) is 0 Å². The lowest BCUT2D eigenvalue weighted by Gasteiger charge is -2.22. The number of methoxy groups -OCH3 is 1. The van der Waals surface area contributed by atoms with Crippen LogP contribution in [0.5, 0.6) is 5.75 Å². The molecule has 23 heavy (non-hydrogen) atoms. The maximum absolute atomic E-state index is 11.8. The largest absolute Gasteiger partial charge is 0.497 e. The van der Waals surface area contributed by atoms with Gasteiger partial charge >= 0.3 is 6.09 Å². The molecular weight excluding hydrogens is 294 g/mol. The number of carbonyl (C=O) groups excluding carboxylic acids is 1. The van der Waals surface area contributed by atoms with Crippen LogP contribution in [0, 0.1) is 6.92 Å². The molecule has 0 unspecified atom stereocenters. The standard InChI is InChI=1S/C17H25N3O3/c1-11(18-16(21)23-17(3,4)5)10-20-15-9-13(22-6)7-8-14(15)12(2)19-20/h7-9,11H,10H2,1-6H3,(H,18,21)/t11-/m0/s1. The predicted molar refractivity (Wildman–Crippen MR) is 89.9 cm³/mol. The van der Waals surface area contributed by atoms with Gasteiger partial charge in [-0.1, -0.05) is 0 Å². The van der Waals surface area contributed by atoms with E-state index in [-0.39, 0.29) is 6.04 Å². The summed E-state index contributed by atoms with van der Waals surface area (Å²) >= 11 is 0. The number of aromatic nitrogens is 2. The van der Waals surface area contributed by atoms with E-state index in [1.54, 1.807) is 7.11 Å². The lowest BCUT2D eigenvalue weighted by atomic mass is 10.2. The van der Waals surface area contributed by atoms with Gasteiger partial charge in [0.2, 0.25) is 0 Å². The van der Waals surface area contributed by atoms with Crippen molar-refractivity contribution in [3.05, 3.63) is 23.9 Å². The molecule has 2 aromatic rings. The number of ether oxygens (including phenoxy) is 2. The molecule has 0 saturated carbocycles. The van der Waals surface area contributed by atoms with Crippen LogP contribution in [-0.4, -0.2) is 34.6 Å². The van der Waals surface area contributed by atoms with Crippen LogP contribution in [0.25, 0.3) is 10.9 Å². The fourth-order valence-corrected chi connectivity index (χ4v) is 2.40. The van der Waals surface area contributed by atoms with Gasteiger partial charge in [-0.15, -0.1) is 0 Å². The highest BCUT2D eigenvalue weighted by atomic mass is 16.6. The summed E-state index contributed by atoms with van der Waals surface area (Å²) in [4.78, 5) is 11.8. The molecule has 0 spiro atoms. The van der Waals surface area contributed by atoms with E-state index >= 15 is 0 Å². The van der Waals surface area contributed by atoms with Crippen LogP contribution in [0.2, 0.25) is 0 Å². The number of fused-ring (bicyclic) bond motifs is 1. The number of nitrogens with zero attached hydrogens (tertiary/aromatic N) is 2. The molecule has 126 valence electrons. The van der Waals surface area contributed by atoms with Crippen molar-refractivity contribution in [3.63, 3.8) is 0 Å².